The van der Waals surface area contributed by atoms with Crippen molar-refractivity contribution in [1.29, 1.82) is 0 Å². The lowest BCUT2D eigenvalue weighted by Gasteiger charge is -2.50. The van der Waals surface area contributed by atoms with Gasteiger partial charge >= 0.3 is 0 Å². The van der Waals surface area contributed by atoms with Gasteiger partial charge in [-0.05, 0) is 62.5 Å². The largest absolute Gasteiger partial charge is 0.508 e. The number of carbonyl (C=O) groups excluding carboxylic acids is 3. The van der Waals surface area contributed by atoms with E-state index < -0.39 is 58.0 Å². The summed E-state index contributed by atoms with van der Waals surface area (Å²) >= 11 is 0. The van der Waals surface area contributed by atoms with Gasteiger partial charge in [0.2, 0.25) is 5.78 Å². The van der Waals surface area contributed by atoms with E-state index in [1.807, 2.05) is 0 Å². The lowest BCUT2D eigenvalue weighted by Crippen LogP contribution is -2.65. The fourth-order valence-corrected chi connectivity index (χ4v) is 6.07. The molecule has 37 heavy (non-hydrogen) atoms. The maximum atomic E-state index is 13.8. The number of carbonyl (C=O) groups is 3. The Bertz CT molecular complexity index is 1230. The lowest BCUT2D eigenvalue weighted by molar-refractivity contribution is -0.153. The number of aliphatic hydroxyl groups excluding tert-OH is 2. The number of fused-ring (bicyclic) bond motifs is 3. The number of amides is 1. The standard InChI is InChI=1S/C27H35N3O7/c1-5-12(2)10-29-11-13-6-7-17(31)19-15(13)8-14-9-16-21(30(3)4)23(33)20(26(28)36)25(35)27(16,37)24(34)18(14)22(19)32/h6-7,12,14,16,21,29,31-32,35,37H,5,8-11H2,1-4H3,(H2,28,36)/t12?,14-,16-,21?,27-/m0/s1. The van der Waals surface area contributed by atoms with E-state index in [0.29, 0.717) is 18.0 Å². The van der Waals surface area contributed by atoms with Gasteiger partial charge < -0.3 is 31.5 Å². The zero-order valence-corrected chi connectivity index (χ0v) is 21.5. The first-order valence-corrected chi connectivity index (χ1v) is 12.5. The molecule has 10 nitrogen and oxygen atoms in total. The Hall–Kier alpha value is -3.21. The SMILES string of the molecule is CCC(C)CNCc1ccc(O)c2c1C[C@H]1C[C@H]3C(N(C)C)C(=O)C(C(N)=O)=C(O)[C@@]3(O)C(=O)C1=C2O. The molecule has 0 saturated heterocycles. The van der Waals surface area contributed by atoms with Crippen molar-refractivity contribution >= 4 is 23.2 Å². The number of Topliss-reactive ketones (excluding diaryl/α,β-unsaturated/α-hetero) is 2. The molecule has 5 atom stereocenters. The Morgan fingerprint density at radius 3 is 2.51 bits per heavy atom. The molecule has 0 heterocycles. The van der Waals surface area contributed by atoms with Gasteiger partial charge in [0.25, 0.3) is 5.91 Å². The molecule has 0 spiro atoms. The number of hydrogen-bond acceptors (Lipinski definition) is 9. The number of nitrogens with one attached hydrogen (secondary N) is 1. The number of likely N-dealkylation sites (N-methyl/N-ethyl adjacent to an activating group) is 1. The summed E-state index contributed by atoms with van der Waals surface area (Å²) in [7, 11) is 3.15. The molecule has 2 unspecified atom stereocenters. The van der Waals surface area contributed by atoms with Crippen molar-refractivity contribution in [1.82, 2.24) is 10.2 Å². The van der Waals surface area contributed by atoms with Crippen LogP contribution in [0.25, 0.3) is 5.76 Å². The molecular formula is C27H35N3O7. The van der Waals surface area contributed by atoms with Crippen LogP contribution in [0.2, 0.25) is 0 Å². The number of rotatable bonds is 7. The summed E-state index contributed by atoms with van der Waals surface area (Å²) in [5.74, 6) is -6.00. The Kier molecular flexibility index (Phi) is 6.96. The fourth-order valence-electron chi connectivity index (χ4n) is 6.07. The zero-order valence-electron chi connectivity index (χ0n) is 21.5. The molecule has 1 amide bonds. The van der Waals surface area contributed by atoms with E-state index in [0.717, 1.165) is 18.5 Å². The number of nitrogens with two attached hydrogens (primary N) is 1. The third-order valence-corrected chi connectivity index (χ3v) is 8.21. The molecule has 3 aliphatic rings. The van der Waals surface area contributed by atoms with Gasteiger partial charge in [0.1, 0.15) is 22.8 Å². The molecule has 0 aliphatic heterocycles. The van der Waals surface area contributed by atoms with Gasteiger partial charge in [0.05, 0.1) is 11.6 Å². The number of ketones is 2. The van der Waals surface area contributed by atoms with Gasteiger partial charge in [-0.25, -0.2) is 0 Å². The highest BCUT2D eigenvalue weighted by molar-refractivity contribution is 6.24. The maximum absolute atomic E-state index is 13.8. The van der Waals surface area contributed by atoms with Crippen LogP contribution in [0, 0.1) is 17.8 Å². The van der Waals surface area contributed by atoms with Crippen LogP contribution in [0.15, 0.2) is 29.0 Å². The van der Waals surface area contributed by atoms with Crippen LogP contribution < -0.4 is 11.1 Å². The molecule has 0 bridgehead atoms. The molecule has 0 aromatic heterocycles. The molecule has 10 heteroatoms. The highest BCUT2D eigenvalue weighted by atomic mass is 16.3. The Labute approximate surface area is 215 Å². The molecule has 1 fully saturated rings. The van der Waals surface area contributed by atoms with Crippen LogP contribution in [0.3, 0.4) is 0 Å². The molecule has 1 saturated carbocycles. The van der Waals surface area contributed by atoms with Gasteiger partial charge in [0.15, 0.2) is 11.4 Å². The van der Waals surface area contributed by atoms with Crippen molar-refractivity contribution in [2.24, 2.45) is 23.5 Å². The quantitative estimate of drug-likeness (QED) is 0.292. The fraction of sp³-hybridized carbons (Fsp3) is 0.519. The molecule has 4 rings (SSSR count). The Balaban J connectivity index is 1.84. The van der Waals surface area contributed by atoms with E-state index in [1.54, 1.807) is 20.2 Å². The number of nitrogens with zero attached hydrogens (tertiary/aromatic N) is 1. The first-order valence-electron chi connectivity index (χ1n) is 12.5. The van der Waals surface area contributed by atoms with Crippen molar-refractivity contribution in [3.05, 3.63) is 45.7 Å². The van der Waals surface area contributed by atoms with Gasteiger partial charge in [0, 0.05) is 18.0 Å². The Morgan fingerprint density at radius 1 is 1.24 bits per heavy atom. The van der Waals surface area contributed by atoms with Crippen LogP contribution in [0.1, 0.15) is 43.4 Å². The molecule has 1 aromatic rings. The summed E-state index contributed by atoms with van der Waals surface area (Å²) < 4.78 is 0. The second-order valence-corrected chi connectivity index (χ2v) is 10.7. The van der Waals surface area contributed by atoms with Crippen molar-refractivity contribution in [3.8, 4) is 5.75 Å². The minimum absolute atomic E-state index is 0.0706. The second-order valence-electron chi connectivity index (χ2n) is 10.7. The summed E-state index contributed by atoms with van der Waals surface area (Å²) in [6, 6.07) is 2.13. The van der Waals surface area contributed by atoms with Crippen LogP contribution in [-0.2, 0) is 27.3 Å². The van der Waals surface area contributed by atoms with Crippen LogP contribution in [0.4, 0.5) is 0 Å². The number of benzene rings is 1. The summed E-state index contributed by atoms with van der Waals surface area (Å²) in [6.45, 7) is 5.52. The van der Waals surface area contributed by atoms with E-state index in [-0.39, 0.29) is 29.7 Å². The first kappa shape index (κ1) is 26.8. The minimum Gasteiger partial charge on any atom is -0.508 e. The topological polar surface area (TPSA) is 173 Å². The van der Waals surface area contributed by atoms with Crippen molar-refractivity contribution in [3.63, 3.8) is 0 Å². The van der Waals surface area contributed by atoms with Crippen molar-refractivity contribution in [2.45, 2.75) is 51.3 Å². The summed E-state index contributed by atoms with van der Waals surface area (Å²) in [6.07, 6.45) is 1.37. The average Bonchev–Trinajstić information content (AvgIpc) is 2.82. The summed E-state index contributed by atoms with van der Waals surface area (Å²) in [4.78, 5) is 40.5. The monoisotopic (exact) mass is 513 g/mol. The molecule has 7 N–H and O–H groups in total. The average molecular weight is 514 g/mol. The van der Waals surface area contributed by atoms with E-state index in [9.17, 15) is 34.8 Å². The van der Waals surface area contributed by atoms with Crippen molar-refractivity contribution < 1.29 is 34.8 Å². The zero-order chi connectivity index (χ0) is 27.4. The van der Waals surface area contributed by atoms with E-state index >= 15 is 0 Å². The predicted molar refractivity (Wildman–Crippen MR) is 135 cm³/mol. The highest BCUT2D eigenvalue weighted by Gasteiger charge is 2.64. The Morgan fingerprint density at radius 2 is 1.92 bits per heavy atom. The number of phenols is 1. The van der Waals surface area contributed by atoms with E-state index in [2.05, 4.69) is 19.2 Å². The molecule has 3 aliphatic carbocycles. The van der Waals surface area contributed by atoms with Gasteiger partial charge in [-0.1, -0.05) is 26.3 Å². The number of hydrogen-bond donors (Lipinski definition) is 6. The predicted octanol–water partition coefficient (Wildman–Crippen LogP) is 1.10. The number of primary amides is 1. The third kappa shape index (κ3) is 4.03. The smallest absolute Gasteiger partial charge is 0.255 e. The molecule has 200 valence electrons. The maximum Gasteiger partial charge on any atom is 0.255 e. The first-order chi connectivity index (χ1) is 17.4. The van der Waals surface area contributed by atoms with Crippen LogP contribution in [-0.4, -0.2) is 75.1 Å². The van der Waals surface area contributed by atoms with Gasteiger partial charge in [-0.15, -0.1) is 0 Å². The van der Waals surface area contributed by atoms with Gasteiger partial charge in [-0.3, -0.25) is 19.3 Å². The minimum atomic E-state index is -2.63. The third-order valence-electron chi connectivity index (χ3n) is 8.21. The summed E-state index contributed by atoms with van der Waals surface area (Å²) in [5, 5.41) is 47.8. The van der Waals surface area contributed by atoms with Crippen molar-refractivity contribution in [2.75, 3.05) is 20.6 Å². The van der Waals surface area contributed by atoms with Crippen LogP contribution in [0.5, 0.6) is 5.75 Å². The second kappa shape index (κ2) is 9.59. The molecule has 0 radical (unpaired) electrons. The highest BCUT2D eigenvalue weighted by Crippen LogP contribution is 2.52. The van der Waals surface area contributed by atoms with Gasteiger partial charge in [-0.2, -0.15) is 0 Å². The van der Waals surface area contributed by atoms with E-state index in [4.69, 9.17) is 5.73 Å². The van der Waals surface area contributed by atoms with E-state index in [1.165, 1.54) is 11.0 Å². The number of phenolic OH excluding ortho intramolecular Hbond substituents is 1. The summed E-state index contributed by atoms with van der Waals surface area (Å²) in [5.41, 5.74) is 3.40. The normalized spacial score (nSPS) is 28.2. The molecular weight excluding hydrogens is 478 g/mol. The van der Waals surface area contributed by atoms with Crippen LogP contribution >= 0.6 is 0 Å². The lowest BCUT2D eigenvalue weighted by atomic mass is 9.57. The molecule has 1 aromatic carbocycles. The number of aliphatic hydroxyl groups is 3. The number of aromatic hydroxyl groups is 1.